The molecule has 0 spiro atoms. The monoisotopic (exact) mass is 601 g/mol. The largest absolute Gasteiger partial charge is 0.347 e. The van der Waals surface area contributed by atoms with Crippen molar-refractivity contribution in [1.82, 2.24) is 24.9 Å². The van der Waals surface area contributed by atoms with Crippen molar-refractivity contribution in [2.75, 3.05) is 0 Å². The average Bonchev–Trinajstić information content (AvgIpc) is 3.61. The van der Waals surface area contributed by atoms with Gasteiger partial charge in [0, 0.05) is 43.8 Å². The molecular formula is C28H29F2N5O4S2. The molecule has 0 saturated heterocycles. The smallest absolute Gasteiger partial charge is 0.341 e. The second-order valence-electron chi connectivity index (χ2n) is 9.86. The number of hydrogen-bond donors (Lipinski definition) is 1. The van der Waals surface area contributed by atoms with Gasteiger partial charge in [-0.15, -0.1) is 11.3 Å². The molecule has 0 fully saturated rings. The lowest BCUT2D eigenvalue weighted by atomic mass is 10.0. The van der Waals surface area contributed by atoms with E-state index in [-0.39, 0.29) is 30.3 Å². The molecule has 216 valence electrons. The number of ketones is 2. The number of hydrogen-bond acceptors (Lipinski definition) is 9. The molecule has 3 heterocycles. The lowest BCUT2D eigenvalue weighted by Crippen LogP contribution is -2.24. The fraction of sp³-hybridized carbons (Fsp3) is 0.357. The molecule has 13 heteroatoms. The highest BCUT2D eigenvalue weighted by Crippen LogP contribution is 2.30. The van der Waals surface area contributed by atoms with E-state index in [0.717, 1.165) is 16.8 Å². The fourth-order valence-corrected chi connectivity index (χ4v) is 6.05. The first-order chi connectivity index (χ1) is 19.3. The van der Waals surface area contributed by atoms with E-state index in [0.29, 0.717) is 53.8 Å². The number of carbonyl (C=O) groups is 2. The van der Waals surface area contributed by atoms with Crippen LogP contribution in [0.15, 0.2) is 53.9 Å². The predicted molar refractivity (Wildman–Crippen MR) is 150 cm³/mol. The number of Topliss-reactive ketones (excluding diaryl/α,β-unsaturated/α-hetero) is 2. The molecule has 0 saturated carbocycles. The normalized spacial score (nSPS) is 12.8. The number of thiazole rings is 1. The van der Waals surface area contributed by atoms with Crippen molar-refractivity contribution in [3.05, 3.63) is 75.9 Å². The van der Waals surface area contributed by atoms with Crippen LogP contribution in [0.5, 0.6) is 0 Å². The molecule has 0 radical (unpaired) electrons. The van der Waals surface area contributed by atoms with Gasteiger partial charge in [-0.25, -0.2) is 28.4 Å². The van der Waals surface area contributed by atoms with Crippen molar-refractivity contribution in [3.8, 4) is 11.5 Å². The van der Waals surface area contributed by atoms with Crippen molar-refractivity contribution < 1.29 is 26.8 Å². The zero-order valence-corrected chi connectivity index (χ0v) is 24.4. The van der Waals surface area contributed by atoms with Crippen LogP contribution in [-0.4, -0.2) is 50.2 Å². The maximum absolute atomic E-state index is 13.5. The van der Waals surface area contributed by atoms with Gasteiger partial charge in [0.15, 0.2) is 17.4 Å². The number of aromatic amines is 1. The summed E-state index contributed by atoms with van der Waals surface area (Å²) in [5.41, 5.74) is 2.23. The minimum atomic E-state index is -4.80. The van der Waals surface area contributed by atoms with Gasteiger partial charge in [-0.1, -0.05) is 19.1 Å². The number of nitrogens with zero attached hydrogens (tertiary/aromatic N) is 4. The molecule has 0 amide bonds. The highest BCUT2D eigenvalue weighted by atomic mass is 32.2. The van der Waals surface area contributed by atoms with E-state index in [1.807, 2.05) is 13.8 Å². The topological polar surface area (TPSA) is 136 Å². The van der Waals surface area contributed by atoms with Crippen LogP contribution in [0.4, 0.5) is 8.78 Å². The Kier molecular flexibility index (Phi) is 9.17. The summed E-state index contributed by atoms with van der Waals surface area (Å²) in [5.74, 6) is 0.332. The van der Waals surface area contributed by atoms with Crippen LogP contribution in [0.2, 0.25) is 0 Å². The second kappa shape index (κ2) is 12.4. The van der Waals surface area contributed by atoms with E-state index in [9.17, 15) is 26.8 Å². The van der Waals surface area contributed by atoms with Gasteiger partial charge in [0.1, 0.15) is 17.7 Å². The van der Waals surface area contributed by atoms with Gasteiger partial charge in [0.2, 0.25) is 9.84 Å². The third kappa shape index (κ3) is 7.33. The van der Waals surface area contributed by atoms with Crippen molar-refractivity contribution in [2.24, 2.45) is 0 Å². The molecule has 1 atom stereocenters. The van der Waals surface area contributed by atoms with Crippen molar-refractivity contribution >= 4 is 32.7 Å². The maximum atomic E-state index is 13.5. The summed E-state index contributed by atoms with van der Waals surface area (Å²) in [7, 11) is -4.80. The number of imidazole rings is 1. The van der Waals surface area contributed by atoms with Crippen LogP contribution in [0.3, 0.4) is 0 Å². The zero-order chi connectivity index (χ0) is 29.8. The summed E-state index contributed by atoms with van der Waals surface area (Å²) in [6, 6.07) is 6.91. The first-order valence-electron chi connectivity index (χ1n) is 12.9. The molecule has 0 aliphatic heterocycles. The lowest BCUT2D eigenvalue weighted by molar-refractivity contribution is 0.0970. The van der Waals surface area contributed by atoms with Gasteiger partial charge >= 0.3 is 5.25 Å². The summed E-state index contributed by atoms with van der Waals surface area (Å²) in [4.78, 5) is 45.4. The van der Waals surface area contributed by atoms with Gasteiger partial charge in [-0.3, -0.25) is 9.59 Å². The Morgan fingerprint density at radius 3 is 2.54 bits per heavy atom. The fourth-order valence-electron chi connectivity index (χ4n) is 4.10. The molecule has 0 aliphatic carbocycles. The Bertz CT molecular complexity index is 1660. The molecule has 4 aromatic rings. The Hall–Kier alpha value is -3.71. The highest BCUT2D eigenvalue weighted by molar-refractivity contribution is 7.92. The maximum Gasteiger partial charge on any atom is 0.347 e. The van der Waals surface area contributed by atoms with E-state index in [2.05, 4.69) is 24.9 Å². The molecule has 3 aromatic heterocycles. The van der Waals surface area contributed by atoms with Gasteiger partial charge < -0.3 is 4.98 Å². The van der Waals surface area contributed by atoms with Gasteiger partial charge in [0.25, 0.3) is 0 Å². The van der Waals surface area contributed by atoms with E-state index in [4.69, 9.17) is 0 Å². The van der Waals surface area contributed by atoms with Gasteiger partial charge in [-0.05, 0) is 49.9 Å². The van der Waals surface area contributed by atoms with E-state index >= 15 is 0 Å². The number of halogens is 2. The van der Waals surface area contributed by atoms with Crippen molar-refractivity contribution in [2.45, 2.75) is 68.9 Å². The lowest BCUT2D eigenvalue weighted by Gasteiger charge is -2.12. The minimum absolute atomic E-state index is 0.0269. The van der Waals surface area contributed by atoms with E-state index in [1.54, 1.807) is 18.3 Å². The first kappa shape index (κ1) is 30.3. The Labute approximate surface area is 240 Å². The molecule has 1 aromatic carbocycles. The van der Waals surface area contributed by atoms with Crippen molar-refractivity contribution in [3.63, 3.8) is 0 Å². The third-order valence-corrected chi connectivity index (χ3v) is 9.57. The van der Waals surface area contributed by atoms with Crippen LogP contribution in [0, 0.1) is 6.92 Å². The number of carbonyl (C=O) groups excluding carboxylic acids is 2. The number of benzene rings is 1. The Morgan fingerprint density at radius 2 is 1.83 bits per heavy atom. The number of alkyl halides is 2. The van der Waals surface area contributed by atoms with Crippen LogP contribution in [0.25, 0.3) is 11.5 Å². The molecule has 0 aliphatic rings. The quantitative estimate of drug-likeness (QED) is 0.185. The van der Waals surface area contributed by atoms with Crippen LogP contribution < -0.4 is 0 Å². The summed E-state index contributed by atoms with van der Waals surface area (Å²) >= 11 is 1.28. The summed E-state index contributed by atoms with van der Waals surface area (Å²) < 4.78 is 51.1. The van der Waals surface area contributed by atoms with Crippen molar-refractivity contribution in [1.29, 1.82) is 0 Å². The third-order valence-electron chi connectivity index (χ3n) is 6.48. The standard InChI is InChI=1S/C28H29F2N5O4S2/c1-17(6-4-9-23(36)21-13-22(34-16-33-21)26-31-14-18(2)35-26)27-32-15-25(40-27)24(37)11-10-19-7-5-8-20(12-19)41(38,39)28(3,29)30/h5,7-8,12-17H,4,6,9-11H2,1-3H3,(H,31,35). The average molecular weight is 602 g/mol. The van der Waals surface area contributed by atoms with E-state index in [1.165, 1.54) is 36.0 Å². The molecule has 9 nitrogen and oxygen atoms in total. The molecule has 1 unspecified atom stereocenters. The number of nitrogens with one attached hydrogen (secondary N) is 1. The van der Waals surface area contributed by atoms with Crippen LogP contribution in [0.1, 0.15) is 81.9 Å². The summed E-state index contributed by atoms with van der Waals surface area (Å²) in [6.45, 7) is 4.20. The molecular weight excluding hydrogens is 572 g/mol. The number of rotatable bonds is 13. The van der Waals surface area contributed by atoms with E-state index < -0.39 is 20.0 Å². The molecule has 41 heavy (non-hydrogen) atoms. The number of sulfone groups is 1. The zero-order valence-electron chi connectivity index (χ0n) is 22.7. The predicted octanol–water partition coefficient (Wildman–Crippen LogP) is 5.99. The Balaban J connectivity index is 1.28. The number of aromatic nitrogens is 5. The van der Waals surface area contributed by atoms with Gasteiger partial charge in [0.05, 0.1) is 14.8 Å². The SMILES string of the molecule is Cc1cnc(-c2cc(C(=O)CCCC(C)c3ncc(C(=O)CCc4cccc(S(=O)(=O)C(C)(F)F)c4)s3)ncn2)[nH]1. The second-order valence-corrected chi connectivity index (χ2v) is 13.1. The minimum Gasteiger partial charge on any atom is -0.341 e. The molecule has 0 bridgehead atoms. The summed E-state index contributed by atoms with van der Waals surface area (Å²) in [6.07, 6.45) is 6.42. The molecule has 1 N–H and O–H groups in total. The Morgan fingerprint density at radius 1 is 1.05 bits per heavy atom. The van der Waals surface area contributed by atoms with Crippen LogP contribution >= 0.6 is 11.3 Å². The highest BCUT2D eigenvalue weighted by Gasteiger charge is 2.40. The number of aryl methyl sites for hydroxylation is 2. The summed E-state index contributed by atoms with van der Waals surface area (Å²) in [5, 5.41) is -3.12. The number of H-pyrrole nitrogens is 1. The first-order valence-corrected chi connectivity index (χ1v) is 15.2. The molecule has 4 rings (SSSR count). The van der Waals surface area contributed by atoms with Crippen LogP contribution in [-0.2, 0) is 16.3 Å². The van der Waals surface area contributed by atoms with Gasteiger partial charge in [-0.2, -0.15) is 8.78 Å².